The lowest BCUT2D eigenvalue weighted by Crippen LogP contribution is -1.91. The van der Waals surface area contributed by atoms with Crippen molar-refractivity contribution in [3.63, 3.8) is 0 Å². The smallest absolute Gasteiger partial charge is 0.00134 e. The second kappa shape index (κ2) is 31.3. The van der Waals surface area contributed by atoms with Gasteiger partial charge in [0.05, 0.1) is 0 Å². The Morgan fingerprint density at radius 2 is 0.733 bits per heavy atom. The lowest BCUT2D eigenvalue weighted by molar-refractivity contribution is 1.26. The number of fused-ring (bicyclic) bond motifs is 3. The fourth-order valence-electron chi connectivity index (χ4n) is 11.8. The molecular formula is C90H90. The SMILES string of the molecule is C=CC(=C\C=C/C)/C(=C/C)/C=C(\C=C)c1ccc(C)c(-c2ccccc2C)c1.C=C\C(=C/C(=C\C)C(/C)=C/C=C\C)c1ccc(C)c(-c2ccccc2C)c1.Cc1ccc(C)c(-c2cc(-c3cccc(-c4ccc5c(c4)-c4cc(C)ccc4C5)c3)ccc2C)c1. The van der Waals surface area contributed by atoms with Crippen LogP contribution in [0, 0.1) is 55.4 Å². The fraction of sp³-hybridized carbons (Fsp3) is 0.156. The first-order valence-electron chi connectivity index (χ1n) is 31.7. The summed E-state index contributed by atoms with van der Waals surface area (Å²) in [5.41, 5.74) is 38.1. The van der Waals surface area contributed by atoms with Crippen LogP contribution >= 0.6 is 0 Å². The van der Waals surface area contributed by atoms with Crippen LogP contribution in [0.2, 0.25) is 0 Å². The minimum absolute atomic E-state index is 1.04. The summed E-state index contributed by atoms with van der Waals surface area (Å²) in [6.45, 7) is 39.8. The molecule has 0 atom stereocenters. The van der Waals surface area contributed by atoms with E-state index in [0.717, 1.165) is 34.3 Å². The normalized spacial score (nSPS) is 12.7. The molecule has 90 heavy (non-hydrogen) atoms. The van der Waals surface area contributed by atoms with Gasteiger partial charge in [-0.1, -0.05) is 249 Å². The second-order valence-corrected chi connectivity index (χ2v) is 23.7. The van der Waals surface area contributed by atoms with Crippen LogP contribution in [0.1, 0.15) is 101 Å². The first kappa shape index (κ1) is 66.1. The molecule has 1 aliphatic carbocycles. The molecule has 0 aromatic heterocycles. The number of hydrogen-bond acceptors (Lipinski definition) is 0. The highest BCUT2D eigenvalue weighted by Crippen LogP contribution is 2.41. The van der Waals surface area contributed by atoms with E-state index in [4.69, 9.17) is 0 Å². The van der Waals surface area contributed by atoms with Gasteiger partial charge in [-0.25, -0.2) is 0 Å². The molecule has 0 N–H and O–H groups in total. The average Bonchev–Trinajstić information content (AvgIpc) is 1.58. The number of benzene rings is 9. The van der Waals surface area contributed by atoms with Gasteiger partial charge in [0, 0.05) is 0 Å². The van der Waals surface area contributed by atoms with Gasteiger partial charge in [0.25, 0.3) is 0 Å². The highest BCUT2D eigenvalue weighted by atomic mass is 14.2. The summed E-state index contributed by atoms with van der Waals surface area (Å²) >= 11 is 0. The van der Waals surface area contributed by atoms with Crippen LogP contribution in [-0.4, -0.2) is 0 Å². The molecule has 0 aliphatic heterocycles. The van der Waals surface area contributed by atoms with Gasteiger partial charge in [0.1, 0.15) is 0 Å². The Morgan fingerprint density at radius 1 is 0.333 bits per heavy atom. The lowest BCUT2D eigenvalue weighted by atomic mass is 9.91. The van der Waals surface area contributed by atoms with Crippen molar-refractivity contribution in [2.75, 3.05) is 0 Å². The summed E-state index contributed by atoms with van der Waals surface area (Å²) in [6, 6.07) is 66.8. The van der Waals surface area contributed by atoms with E-state index in [1.165, 1.54) is 139 Å². The monoisotopic (exact) mass is 1170 g/mol. The van der Waals surface area contributed by atoms with E-state index in [0.29, 0.717) is 0 Å². The molecule has 0 bridgehead atoms. The molecule has 9 aromatic carbocycles. The van der Waals surface area contributed by atoms with E-state index in [9.17, 15) is 0 Å². The molecule has 0 saturated carbocycles. The summed E-state index contributed by atoms with van der Waals surface area (Å²) < 4.78 is 0. The highest BCUT2D eigenvalue weighted by Gasteiger charge is 2.20. The Kier molecular flexibility index (Phi) is 23.0. The maximum atomic E-state index is 4.06. The molecule has 0 nitrogen and oxygen atoms in total. The van der Waals surface area contributed by atoms with Crippen molar-refractivity contribution < 1.29 is 0 Å². The molecule has 0 fully saturated rings. The van der Waals surface area contributed by atoms with Gasteiger partial charge in [0.2, 0.25) is 0 Å². The fourth-order valence-corrected chi connectivity index (χ4v) is 11.8. The van der Waals surface area contributed by atoms with Crippen LogP contribution in [0.4, 0.5) is 0 Å². The number of rotatable bonds is 16. The van der Waals surface area contributed by atoms with Crippen molar-refractivity contribution in [2.24, 2.45) is 0 Å². The Balaban J connectivity index is 0.000000177. The first-order chi connectivity index (χ1) is 43.5. The van der Waals surface area contributed by atoms with Crippen LogP contribution in [0.3, 0.4) is 0 Å². The van der Waals surface area contributed by atoms with Gasteiger partial charge in [0.15, 0.2) is 0 Å². The van der Waals surface area contributed by atoms with Crippen LogP contribution in [0.25, 0.3) is 77.9 Å². The minimum atomic E-state index is 1.04. The molecule has 1 aliphatic rings. The summed E-state index contributed by atoms with van der Waals surface area (Å²) in [4.78, 5) is 0. The quantitative estimate of drug-likeness (QED) is 0.0846. The van der Waals surface area contributed by atoms with E-state index in [-0.39, 0.29) is 0 Å². The first-order valence-corrected chi connectivity index (χ1v) is 31.7. The summed E-state index contributed by atoms with van der Waals surface area (Å²) in [5.74, 6) is 0. The Hall–Kier alpha value is -9.88. The molecule has 0 amide bonds. The van der Waals surface area contributed by atoms with Gasteiger partial charge >= 0.3 is 0 Å². The van der Waals surface area contributed by atoms with Crippen molar-refractivity contribution >= 4 is 11.1 Å². The molecule has 0 spiro atoms. The van der Waals surface area contributed by atoms with Gasteiger partial charge in [-0.2, -0.15) is 0 Å². The molecule has 9 aromatic rings. The zero-order valence-electron chi connectivity index (χ0n) is 55.7. The van der Waals surface area contributed by atoms with E-state index in [1.807, 2.05) is 57.2 Å². The molecular weight excluding hydrogens is 1080 g/mol. The van der Waals surface area contributed by atoms with Gasteiger partial charge in [-0.05, 0) is 295 Å². The van der Waals surface area contributed by atoms with E-state index >= 15 is 0 Å². The second-order valence-electron chi connectivity index (χ2n) is 23.7. The molecule has 0 unspecified atom stereocenters. The van der Waals surface area contributed by atoms with Gasteiger partial charge in [-0.15, -0.1) is 0 Å². The molecule has 0 heteroatoms. The van der Waals surface area contributed by atoms with Gasteiger partial charge in [-0.3, -0.25) is 0 Å². The molecule has 450 valence electrons. The van der Waals surface area contributed by atoms with Crippen LogP contribution in [0.5, 0.6) is 0 Å². The van der Waals surface area contributed by atoms with E-state index in [1.54, 1.807) is 0 Å². The Bertz CT molecular complexity index is 4380. The third-order valence-corrected chi connectivity index (χ3v) is 17.2. The Morgan fingerprint density at radius 3 is 1.24 bits per heavy atom. The third-order valence-electron chi connectivity index (χ3n) is 17.2. The largest absolute Gasteiger partial charge is 0.0984 e. The molecule has 0 heterocycles. The zero-order valence-corrected chi connectivity index (χ0v) is 55.7. The zero-order chi connectivity index (χ0) is 64.4. The topological polar surface area (TPSA) is 0 Å². The minimum Gasteiger partial charge on any atom is -0.0984 e. The van der Waals surface area contributed by atoms with E-state index in [2.05, 4.69) is 313 Å². The summed E-state index contributed by atoms with van der Waals surface area (Å²) in [6.07, 6.45) is 27.8. The van der Waals surface area contributed by atoms with Crippen molar-refractivity contribution in [1.82, 2.24) is 0 Å². The maximum absolute atomic E-state index is 4.06. The standard InChI is InChI=1S/C35H30.C28H30.C27H30/c1-22-8-10-24(3)32(16-22)33-20-28(13-11-25(33)4)26-6-5-7-27(18-26)29-14-15-31-19-30-12-9-23(2)17-34(30)35(31)21-29;1-7-11-15-23(8-2)24(9-3)19-25(10-4)26-18-17-22(6)28(20-26)27-16-13-12-14-21(27)5;1-7-10-13-20(4)23(8-2)18-24(9-3)25-17-16-22(6)27(19-25)26-15-12-11-14-21(26)5/h5-18,20-21H,19H2,1-4H3;7-20H,2,4H2,1,3,5-6H3;7-19H,3H2,1-2,4-6H3/b;11-7-,23-15+,24-9+,25-19+;10-7-,20-13+,23-8+,24-18+. The molecule has 10 rings (SSSR count). The number of aryl methyl sites for hydroxylation is 8. The van der Waals surface area contributed by atoms with Gasteiger partial charge < -0.3 is 0 Å². The van der Waals surface area contributed by atoms with Crippen LogP contribution in [0.15, 0.2) is 303 Å². The molecule has 0 radical (unpaired) electrons. The highest BCUT2D eigenvalue weighted by molar-refractivity contribution is 5.86. The van der Waals surface area contributed by atoms with Crippen LogP contribution in [-0.2, 0) is 6.42 Å². The predicted molar refractivity (Wildman–Crippen MR) is 398 cm³/mol. The van der Waals surface area contributed by atoms with E-state index < -0.39 is 0 Å². The maximum Gasteiger partial charge on any atom is -0.00134 e. The third kappa shape index (κ3) is 16.1. The average molecular weight is 1170 g/mol. The summed E-state index contributed by atoms with van der Waals surface area (Å²) in [5, 5.41) is 0. The van der Waals surface area contributed by atoms with Crippen molar-refractivity contribution in [2.45, 2.75) is 96.4 Å². The summed E-state index contributed by atoms with van der Waals surface area (Å²) in [7, 11) is 0. The number of allylic oxidation sites excluding steroid dienone is 19. The van der Waals surface area contributed by atoms with Crippen molar-refractivity contribution in [3.8, 4) is 66.8 Å². The lowest BCUT2D eigenvalue weighted by Gasteiger charge is -2.14. The van der Waals surface area contributed by atoms with Crippen molar-refractivity contribution in [1.29, 1.82) is 0 Å². The van der Waals surface area contributed by atoms with Crippen molar-refractivity contribution in [3.05, 3.63) is 370 Å². The van der Waals surface area contributed by atoms with Crippen LogP contribution < -0.4 is 0 Å². The Labute approximate surface area is 540 Å². The molecule has 0 saturated heterocycles. The predicted octanol–water partition coefficient (Wildman–Crippen LogP) is 25.7. The number of hydrogen-bond donors (Lipinski definition) is 0.